The van der Waals surface area contributed by atoms with Gasteiger partial charge in [0.25, 0.3) is 5.91 Å². The first-order valence-corrected chi connectivity index (χ1v) is 4.40. The summed E-state index contributed by atoms with van der Waals surface area (Å²) in [5, 5.41) is 2.68. The smallest absolute Gasteiger partial charge is 0.251 e. The fourth-order valence-electron chi connectivity index (χ4n) is 1.03. The highest BCUT2D eigenvalue weighted by molar-refractivity contribution is 5.94. The van der Waals surface area contributed by atoms with Gasteiger partial charge in [-0.25, -0.2) is 0 Å². The SMILES string of the molecule is COc1ccc(C(=O)NCCN)cc1.Cl. The van der Waals surface area contributed by atoms with Crippen molar-refractivity contribution < 1.29 is 9.53 Å². The minimum Gasteiger partial charge on any atom is -0.497 e. The first kappa shape index (κ1) is 13.7. The normalized spacial score (nSPS) is 8.93. The number of rotatable bonds is 4. The maximum atomic E-state index is 11.4. The van der Waals surface area contributed by atoms with Crippen molar-refractivity contribution in [2.24, 2.45) is 5.73 Å². The molecule has 15 heavy (non-hydrogen) atoms. The number of carbonyl (C=O) groups is 1. The van der Waals surface area contributed by atoms with E-state index >= 15 is 0 Å². The zero-order valence-corrected chi connectivity index (χ0v) is 9.34. The maximum Gasteiger partial charge on any atom is 0.251 e. The highest BCUT2D eigenvalue weighted by Gasteiger charge is 2.03. The Morgan fingerprint density at radius 1 is 1.40 bits per heavy atom. The lowest BCUT2D eigenvalue weighted by Crippen LogP contribution is -2.28. The zero-order chi connectivity index (χ0) is 10.4. The van der Waals surface area contributed by atoms with Crippen molar-refractivity contribution in [1.29, 1.82) is 0 Å². The Morgan fingerprint density at radius 2 is 2.00 bits per heavy atom. The van der Waals surface area contributed by atoms with E-state index in [2.05, 4.69) is 5.32 Å². The number of amides is 1. The number of halogens is 1. The largest absolute Gasteiger partial charge is 0.497 e. The van der Waals surface area contributed by atoms with Crippen molar-refractivity contribution in [3.63, 3.8) is 0 Å². The molecule has 0 atom stereocenters. The molecule has 0 saturated heterocycles. The van der Waals surface area contributed by atoms with Crippen LogP contribution in [0.5, 0.6) is 5.75 Å². The van der Waals surface area contributed by atoms with Crippen LogP contribution in [0.25, 0.3) is 0 Å². The summed E-state index contributed by atoms with van der Waals surface area (Å²) in [5.41, 5.74) is 5.88. The Bertz CT molecular complexity index is 301. The predicted molar refractivity (Wildman–Crippen MR) is 61.6 cm³/mol. The number of benzene rings is 1. The van der Waals surface area contributed by atoms with Crippen LogP contribution in [0.15, 0.2) is 24.3 Å². The molecule has 0 aromatic heterocycles. The number of carbonyl (C=O) groups excluding carboxylic acids is 1. The number of nitrogens with two attached hydrogens (primary N) is 1. The third-order valence-corrected chi connectivity index (χ3v) is 1.78. The van der Waals surface area contributed by atoms with Gasteiger partial charge in [-0.05, 0) is 24.3 Å². The molecule has 0 saturated carbocycles. The molecule has 84 valence electrons. The highest BCUT2D eigenvalue weighted by atomic mass is 35.5. The Morgan fingerprint density at radius 3 is 2.47 bits per heavy atom. The van der Waals surface area contributed by atoms with Gasteiger partial charge in [0, 0.05) is 18.7 Å². The van der Waals surface area contributed by atoms with E-state index in [9.17, 15) is 4.79 Å². The standard InChI is InChI=1S/C10H14N2O2.ClH/c1-14-9-4-2-8(3-5-9)10(13)12-7-6-11;/h2-5H,6-7,11H2,1H3,(H,12,13);1H. The topological polar surface area (TPSA) is 64.3 Å². The summed E-state index contributed by atoms with van der Waals surface area (Å²) in [7, 11) is 1.59. The Labute approximate surface area is 95.2 Å². The van der Waals surface area contributed by atoms with Crippen LogP contribution in [0, 0.1) is 0 Å². The molecule has 1 rings (SSSR count). The Hall–Kier alpha value is -1.26. The lowest BCUT2D eigenvalue weighted by atomic mass is 10.2. The first-order valence-electron chi connectivity index (χ1n) is 4.40. The van der Waals surface area contributed by atoms with Crippen LogP contribution in [0.2, 0.25) is 0 Å². The Kier molecular flexibility index (Phi) is 6.49. The molecule has 0 aliphatic carbocycles. The first-order chi connectivity index (χ1) is 6.77. The molecule has 4 nitrogen and oxygen atoms in total. The van der Waals surface area contributed by atoms with Crippen molar-refractivity contribution in [2.75, 3.05) is 20.2 Å². The van der Waals surface area contributed by atoms with Crippen LogP contribution in [0.1, 0.15) is 10.4 Å². The number of hydrogen-bond donors (Lipinski definition) is 2. The molecule has 0 spiro atoms. The van der Waals surface area contributed by atoms with E-state index in [4.69, 9.17) is 10.5 Å². The van der Waals surface area contributed by atoms with Gasteiger partial charge < -0.3 is 15.8 Å². The number of methoxy groups -OCH3 is 1. The van der Waals surface area contributed by atoms with Crippen LogP contribution in [0.4, 0.5) is 0 Å². The van der Waals surface area contributed by atoms with Gasteiger partial charge in [0.2, 0.25) is 0 Å². The van der Waals surface area contributed by atoms with Crippen molar-refractivity contribution in [3.8, 4) is 5.75 Å². The quantitative estimate of drug-likeness (QED) is 0.805. The van der Waals surface area contributed by atoms with Gasteiger partial charge in [-0.1, -0.05) is 0 Å². The molecule has 3 N–H and O–H groups in total. The van der Waals surface area contributed by atoms with Crippen molar-refractivity contribution in [3.05, 3.63) is 29.8 Å². The molecule has 1 amide bonds. The summed E-state index contributed by atoms with van der Waals surface area (Å²) in [6.45, 7) is 0.937. The molecule has 1 aromatic carbocycles. The van der Waals surface area contributed by atoms with E-state index in [0.717, 1.165) is 5.75 Å². The average Bonchev–Trinajstić information content (AvgIpc) is 2.26. The molecular weight excluding hydrogens is 216 g/mol. The lowest BCUT2D eigenvalue weighted by Gasteiger charge is -2.04. The summed E-state index contributed by atoms with van der Waals surface area (Å²) in [5.74, 6) is 0.624. The van der Waals surface area contributed by atoms with E-state index in [1.54, 1.807) is 31.4 Å². The molecule has 0 aliphatic rings. The zero-order valence-electron chi connectivity index (χ0n) is 8.53. The van der Waals surface area contributed by atoms with Gasteiger partial charge in [0.15, 0.2) is 0 Å². The summed E-state index contributed by atoms with van der Waals surface area (Å²) in [6, 6.07) is 6.92. The van der Waals surface area contributed by atoms with E-state index in [0.29, 0.717) is 18.7 Å². The molecule has 0 fully saturated rings. The minimum absolute atomic E-state index is 0. The van der Waals surface area contributed by atoms with Crippen molar-refractivity contribution in [1.82, 2.24) is 5.32 Å². The van der Waals surface area contributed by atoms with Gasteiger partial charge in [-0.15, -0.1) is 12.4 Å². The summed E-state index contributed by atoms with van der Waals surface area (Å²) in [4.78, 5) is 11.4. The average molecular weight is 231 g/mol. The molecule has 1 aromatic rings. The molecule has 5 heteroatoms. The molecule has 0 radical (unpaired) electrons. The summed E-state index contributed by atoms with van der Waals surface area (Å²) in [6.07, 6.45) is 0. The predicted octanol–water partition coefficient (Wildman–Crippen LogP) is 0.805. The fourth-order valence-corrected chi connectivity index (χ4v) is 1.03. The molecule has 0 heterocycles. The summed E-state index contributed by atoms with van der Waals surface area (Å²) >= 11 is 0. The van der Waals surface area contributed by atoms with Crippen LogP contribution in [0.3, 0.4) is 0 Å². The van der Waals surface area contributed by atoms with Crippen LogP contribution >= 0.6 is 12.4 Å². The number of ether oxygens (including phenoxy) is 1. The van der Waals surface area contributed by atoms with Gasteiger partial charge in [-0.2, -0.15) is 0 Å². The second-order valence-corrected chi connectivity index (χ2v) is 2.77. The second kappa shape index (κ2) is 7.09. The van der Waals surface area contributed by atoms with Gasteiger partial charge in [-0.3, -0.25) is 4.79 Å². The maximum absolute atomic E-state index is 11.4. The van der Waals surface area contributed by atoms with Crippen LogP contribution in [-0.2, 0) is 0 Å². The minimum atomic E-state index is -0.113. The molecule has 0 bridgehead atoms. The molecule has 0 aliphatic heterocycles. The van der Waals surface area contributed by atoms with E-state index in [-0.39, 0.29) is 18.3 Å². The van der Waals surface area contributed by atoms with Crippen LogP contribution in [-0.4, -0.2) is 26.1 Å². The third-order valence-electron chi connectivity index (χ3n) is 1.78. The van der Waals surface area contributed by atoms with Crippen molar-refractivity contribution in [2.45, 2.75) is 0 Å². The lowest BCUT2D eigenvalue weighted by molar-refractivity contribution is 0.0954. The van der Waals surface area contributed by atoms with Gasteiger partial charge in [0.1, 0.15) is 5.75 Å². The second-order valence-electron chi connectivity index (χ2n) is 2.77. The molecular formula is C10H15ClN2O2. The van der Waals surface area contributed by atoms with Gasteiger partial charge >= 0.3 is 0 Å². The van der Waals surface area contributed by atoms with E-state index < -0.39 is 0 Å². The molecule has 0 unspecified atom stereocenters. The number of nitrogens with one attached hydrogen (secondary N) is 1. The monoisotopic (exact) mass is 230 g/mol. The highest BCUT2D eigenvalue weighted by Crippen LogP contribution is 2.10. The van der Waals surface area contributed by atoms with Gasteiger partial charge in [0.05, 0.1) is 7.11 Å². The summed E-state index contributed by atoms with van der Waals surface area (Å²) < 4.78 is 4.98. The van der Waals surface area contributed by atoms with Crippen LogP contribution < -0.4 is 15.8 Å². The van der Waals surface area contributed by atoms with E-state index in [1.165, 1.54) is 0 Å². The fraction of sp³-hybridized carbons (Fsp3) is 0.300. The Balaban J connectivity index is 0.00000196. The van der Waals surface area contributed by atoms with E-state index in [1.807, 2.05) is 0 Å². The third kappa shape index (κ3) is 4.18. The number of hydrogen-bond acceptors (Lipinski definition) is 3. The van der Waals surface area contributed by atoms with Crippen molar-refractivity contribution >= 4 is 18.3 Å².